The molecule has 1 aliphatic rings. The van der Waals surface area contributed by atoms with E-state index in [-0.39, 0.29) is 29.9 Å². The van der Waals surface area contributed by atoms with Crippen molar-refractivity contribution < 1.29 is 19.8 Å². The second kappa shape index (κ2) is 6.76. The maximum atomic E-state index is 12.4. The number of thioether (sulfide) groups is 1. The summed E-state index contributed by atoms with van der Waals surface area (Å²) in [6, 6.07) is 6.15. The number of hydrogen-bond donors (Lipinski definition) is 2. The number of hydrogen-bond acceptors (Lipinski definition) is 4. The van der Waals surface area contributed by atoms with E-state index in [9.17, 15) is 9.59 Å². The molecule has 1 saturated heterocycles. The van der Waals surface area contributed by atoms with Crippen LogP contribution in [0.15, 0.2) is 24.3 Å². The van der Waals surface area contributed by atoms with E-state index >= 15 is 0 Å². The lowest BCUT2D eigenvalue weighted by Crippen LogP contribution is -2.39. The molecule has 0 aromatic heterocycles. The van der Waals surface area contributed by atoms with Crippen LogP contribution in [0.4, 0.5) is 5.69 Å². The van der Waals surface area contributed by atoms with Gasteiger partial charge in [0.15, 0.2) is 0 Å². The predicted octanol–water partition coefficient (Wildman–Crippen LogP) is 1.61. The van der Waals surface area contributed by atoms with Crippen molar-refractivity contribution in [2.45, 2.75) is 18.1 Å². The Bertz CT molecular complexity index is 482. The van der Waals surface area contributed by atoms with Crippen LogP contribution >= 0.6 is 11.8 Å². The third-order valence-corrected chi connectivity index (χ3v) is 4.58. The van der Waals surface area contributed by atoms with Crippen molar-refractivity contribution in [3.63, 3.8) is 0 Å². The van der Waals surface area contributed by atoms with Crippen molar-refractivity contribution in [3.8, 4) is 0 Å². The molecule has 1 aromatic carbocycles. The van der Waals surface area contributed by atoms with Gasteiger partial charge in [0.05, 0.1) is 17.4 Å². The number of benzene rings is 1. The standard InChI is InChI=1S/C14H17NO4S/c16-8-7-15(13(17)12-2-1-9-20-12)11-5-3-10(4-6-11)14(18)19/h3-6,12,16H,1-2,7-9H2,(H,18,19). The van der Waals surface area contributed by atoms with Gasteiger partial charge in [-0.3, -0.25) is 4.79 Å². The monoisotopic (exact) mass is 295 g/mol. The number of carbonyl (C=O) groups is 2. The number of amides is 1. The highest BCUT2D eigenvalue weighted by molar-refractivity contribution is 8.00. The first-order valence-corrected chi connectivity index (χ1v) is 7.55. The van der Waals surface area contributed by atoms with Crippen molar-refractivity contribution in [1.82, 2.24) is 0 Å². The Morgan fingerprint density at radius 2 is 2.00 bits per heavy atom. The first kappa shape index (κ1) is 14.9. The Balaban J connectivity index is 2.18. The summed E-state index contributed by atoms with van der Waals surface area (Å²) in [5.74, 6) is -0.0195. The lowest BCUT2D eigenvalue weighted by Gasteiger charge is -2.24. The van der Waals surface area contributed by atoms with Crippen LogP contribution in [0.1, 0.15) is 23.2 Å². The number of carbonyl (C=O) groups excluding carboxylic acids is 1. The number of anilines is 1. The van der Waals surface area contributed by atoms with Crippen molar-refractivity contribution >= 4 is 29.3 Å². The van der Waals surface area contributed by atoms with Crippen molar-refractivity contribution in [2.75, 3.05) is 23.8 Å². The van der Waals surface area contributed by atoms with Gasteiger partial charge in [-0.2, -0.15) is 0 Å². The number of aliphatic hydroxyl groups excluding tert-OH is 1. The quantitative estimate of drug-likeness (QED) is 0.863. The molecule has 2 rings (SSSR count). The van der Waals surface area contributed by atoms with Crippen LogP contribution in [0.5, 0.6) is 0 Å². The topological polar surface area (TPSA) is 77.8 Å². The van der Waals surface area contributed by atoms with Gasteiger partial charge in [-0.25, -0.2) is 4.79 Å². The SMILES string of the molecule is O=C(O)c1ccc(N(CCO)C(=O)C2CCCS2)cc1. The molecule has 6 heteroatoms. The average molecular weight is 295 g/mol. The van der Waals surface area contributed by atoms with Crippen molar-refractivity contribution in [3.05, 3.63) is 29.8 Å². The number of aromatic carboxylic acids is 1. The van der Waals surface area contributed by atoms with Gasteiger partial charge in [-0.15, -0.1) is 11.8 Å². The van der Waals surface area contributed by atoms with E-state index in [0.717, 1.165) is 18.6 Å². The maximum Gasteiger partial charge on any atom is 0.335 e. The van der Waals surface area contributed by atoms with Gasteiger partial charge in [0.2, 0.25) is 5.91 Å². The van der Waals surface area contributed by atoms with E-state index < -0.39 is 5.97 Å². The molecule has 2 N–H and O–H groups in total. The summed E-state index contributed by atoms with van der Waals surface area (Å²) in [5, 5.41) is 18.0. The smallest absolute Gasteiger partial charge is 0.335 e. The molecule has 1 heterocycles. The van der Waals surface area contributed by atoms with E-state index in [2.05, 4.69) is 0 Å². The number of carboxylic acids is 1. The van der Waals surface area contributed by atoms with E-state index in [1.165, 1.54) is 17.0 Å². The van der Waals surface area contributed by atoms with Gasteiger partial charge in [0, 0.05) is 12.2 Å². The van der Waals surface area contributed by atoms with E-state index in [4.69, 9.17) is 10.2 Å². The highest BCUT2D eigenvalue weighted by atomic mass is 32.2. The highest BCUT2D eigenvalue weighted by Gasteiger charge is 2.28. The fourth-order valence-electron chi connectivity index (χ4n) is 2.20. The van der Waals surface area contributed by atoms with Gasteiger partial charge in [-0.05, 0) is 42.9 Å². The van der Waals surface area contributed by atoms with E-state index in [1.807, 2.05) is 0 Å². The second-order valence-corrected chi connectivity index (χ2v) is 5.88. The Morgan fingerprint density at radius 3 is 2.50 bits per heavy atom. The third-order valence-electron chi connectivity index (χ3n) is 3.22. The van der Waals surface area contributed by atoms with Crippen LogP contribution < -0.4 is 4.90 Å². The second-order valence-electron chi connectivity index (χ2n) is 4.57. The number of rotatable bonds is 5. The minimum absolute atomic E-state index is 0.00961. The van der Waals surface area contributed by atoms with Crippen LogP contribution in [0.3, 0.4) is 0 Å². The van der Waals surface area contributed by atoms with Crippen LogP contribution in [0.25, 0.3) is 0 Å². The molecule has 1 atom stereocenters. The predicted molar refractivity (Wildman–Crippen MR) is 78.3 cm³/mol. The molecule has 20 heavy (non-hydrogen) atoms. The Labute approximate surface area is 121 Å². The first-order valence-electron chi connectivity index (χ1n) is 6.50. The fraction of sp³-hybridized carbons (Fsp3) is 0.429. The van der Waals surface area contributed by atoms with Crippen molar-refractivity contribution in [1.29, 1.82) is 0 Å². The summed E-state index contributed by atoms with van der Waals surface area (Å²) in [6.45, 7) is 0.103. The molecule has 108 valence electrons. The van der Waals surface area contributed by atoms with Crippen LogP contribution in [0.2, 0.25) is 0 Å². The maximum absolute atomic E-state index is 12.4. The lowest BCUT2D eigenvalue weighted by molar-refractivity contribution is -0.118. The number of nitrogens with zero attached hydrogens (tertiary/aromatic N) is 1. The molecular weight excluding hydrogens is 278 g/mol. The molecule has 1 amide bonds. The molecule has 1 aliphatic heterocycles. The molecule has 1 fully saturated rings. The van der Waals surface area contributed by atoms with Gasteiger partial charge >= 0.3 is 5.97 Å². The Hall–Kier alpha value is -1.53. The van der Waals surface area contributed by atoms with Crippen LogP contribution in [-0.4, -0.2) is 46.2 Å². The van der Waals surface area contributed by atoms with Crippen LogP contribution in [0, 0.1) is 0 Å². The minimum atomic E-state index is -0.997. The fourth-order valence-corrected chi connectivity index (χ4v) is 3.42. The molecule has 0 saturated carbocycles. The first-order chi connectivity index (χ1) is 9.63. The summed E-state index contributed by atoms with van der Waals surface area (Å²) in [5.41, 5.74) is 0.807. The Kier molecular flexibility index (Phi) is 5.03. The zero-order chi connectivity index (χ0) is 14.5. The summed E-state index contributed by atoms with van der Waals surface area (Å²) in [4.78, 5) is 24.8. The number of aliphatic hydroxyl groups is 1. The molecule has 0 bridgehead atoms. The van der Waals surface area contributed by atoms with Gasteiger partial charge < -0.3 is 15.1 Å². The van der Waals surface area contributed by atoms with Gasteiger partial charge in [-0.1, -0.05) is 0 Å². The normalized spacial score (nSPS) is 17.9. The summed E-state index contributed by atoms with van der Waals surface area (Å²) in [6.07, 6.45) is 1.89. The van der Waals surface area contributed by atoms with Crippen LogP contribution in [-0.2, 0) is 4.79 Å². The largest absolute Gasteiger partial charge is 0.478 e. The minimum Gasteiger partial charge on any atom is -0.478 e. The molecule has 1 aromatic rings. The van der Waals surface area contributed by atoms with E-state index in [1.54, 1.807) is 23.9 Å². The zero-order valence-corrected chi connectivity index (χ0v) is 11.8. The molecule has 0 spiro atoms. The lowest BCUT2D eigenvalue weighted by atomic mass is 10.1. The summed E-state index contributed by atoms with van der Waals surface area (Å²) in [7, 11) is 0. The Morgan fingerprint density at radius 1 is 1.30 bits per heavy atom. The third kappa shape index (κ3) is 3.32. The highest BCUT2D eigenvalue weighted by Crippen LogP contribution is 2.29. The summed E-state index contributed by atoms with van der Waals surface area (Å²) >= 11 is 1.64. The van der Waals surface area contributed by atoms with Crippen molar-refractivity contribution in [2.24, 2.45) is 0 Å². The zero-order valence-electron chi connectivity index (χ0n) is 11.0. The number of carboxylic acid groups (broad SMARTS) is 1. The summed E-state index contributed by atoms with van der Waals surface area (Å²) < 4.78 is 0. The molecule has 0 radical (unpaired) electrons. The van der Waals surface area contributed by atoms with Gasteiger partial charge in [0.25, 0.3) is 0 Å². The molecular formula is C14H17NO4S. The molecule has 1 unspecified atom stereocenters. The molecule has 0 aliphatic carbocycles. The molecule has 5 nitrogen and oxygen atoms in total. The average Bonchev–Trinajstić information content (AvgIpc) is 2.98. The van der Waals surface area contributed by atoms with Gasteiger partial charge in [0.1, 0.15) is 0 Å². The van der Waals surface area contributed by atoms with E-state index in [0.29, 0.717) is 5.69 Å².